The number of hydrogen-bond donors (Lipinski definition) is 0. The highest BCUT2D eigenvalue weighted by Gasteiger charge is 2.33. The van der Waals surface area contributed by atoms with Crippen LogP contribution in [0.15, 0.2) is 212 Å². The van der Waals surface area contributed by atoms with E-state index < -0.39 is 0 Å². The van der Waals surface area contributed by atoms with Crippen LogP contribution in [0.3, 0.4) is 0 Å². The first-order chi connectivity index (χ1) is 34.1. The second-order valence-electron chi connectivity index (χ2n) is 21.3. The van der Waals surface area contributed by atoms with Crippen molar-refractivity contribution < 1.29 is 0 Å². The lowest BCUT2D eigenvalue weighted by Gasteiger charge is -2.28. The Morgan fingerprint density at radius 1 is 0.386 bits per heavy atom. The first kappa shape index (κ1) is 43.5. The van der Waals surface area contributed by atoms with Gasteiger partial charge in [-0.3, -0.25) is 4.98 Å². The van der Waals surface area contributed by atoms with Crippen molar-refractivity contribution in [2.75, 3.05) is 22.9 Å². The van der Waals surface area contributed by atoms with E-state index in [1.807, 2.05) is 0 Å². The fourth-order valence-corrected chi connectivity index (χ4v) is 11.2. The molecule has 70 heavy (non-hydrogen) atoms. The second-order valence-corrected chi connectivity index (χ2v) is 21.3. The predicted octanol–water partition coefficient (Wildman–Crippen LogP) is 16.5. The Hall–Kier alpha value is -7.75. The Morgan fingerprint density at radius 3 is 1.44 bits per heavy atom. The van der Waals surface area contributed by atoms with Gasteiger partial charge in [-0.1, -0.05) is 185 Å². The summed E-state index contributed by atoms with van der Waals surface area (Å²) >= 11 is 0. The number of aryl methyl sites for hydroxylation is 4. The van der Waals surface area contributed by atoms with Crippen LogP contribution in [0.1, 0.15) is 61.1 Å². The van der Waals surface area contributed by atoms with Gasteiger partial charge >= 0.3 is 0 Å². The third-order valence-electron chi connectivity index (χ3n) is 14.7. The Morgan fingerprint density at radius 2 is 0.871 bits per heavy atom. The van der Waals surface area contributed by atoms with E-state index >= 15 is 0 Å². The van der Waals surface area contributed by atoms with Crippen LogP contribution in [0.4, 0.5) is 11.4 Å². The fourth-order valence-electron chi connectivity index (χ4n) is 11.2. The van der Waals surface area contributed by atoms with Crippen LogP contribution in [0.5, 0.6) is 0 Å². The van der Waals surface area contributed by atoms with Crippen LogP contribution in [0.2, 0.25) is 0 Å². The molecular weight excluding hydrogens is 847 g/mol. The topological polar surface area (TPSA) is 19.4 Å². The number of pyridine rings is 1. The van der Waals surface area contributed by atoms with Gasteiger partial charge in [0.05, 0.1) is 5.69 Å². The first-order valence-corrected chi connectivity index (χ1v) is 25.1. The zero-order valence-corrected chi connectivity index (χ0v) is 40.8. The molecule has 0 aliphatic carbocycles. The SMILES string of the molecule is CC1(C)C=C2C=Cc3cc(CCc4cc(CCc5ccc6c(c5)C=CC5=CC(C)(C)CN56)cc(-c5ccccc5-c5ccc(-c6cccc(-c7ccc(-c8ccccc8)cc7)c6)nc5)c4)ccc3N2C1. The van der Waals surface area contributed by atoms with Gasteiger partial charge in [0, 0.05) is 64.0 Å². The summed E-state index contributed by atoms with van der Waals surface area (Å²) in [4.78, 5) is 10.1. The molecule has 0 atom stereocenters. The Labute approximate surface area is 414 Å². The number of benzene rings is 7. The number of nitrogens with zero attached hydrogens (tertiary/aromatic N) is 3. The minimum Gasteiger partial charge on any atom is -0.340 e. The number of fused-ring (bicyclic) bond motifs is 6. The Bertz CT molecular complexity index is 3300. The molecule has 1 aromatic heterocycles. The number of aromatic nitrogens is 1. The van der Waals surface area contributed by atoms with E-state index in [1.54, 1.807) is 0 Å². The molecule has 3 heteroatoms. The molecule has 5 heterocycles. The summed E-state index contributed by atoms with van der Waals surface area (Å²) in [7, 11) is 0. The molecule has 4 aliphatic rings. The third-order valence-corrected chi connectivity index (χ3v) is 14.7. The van der Waals surface area contributed by atoms with Crippen molar-refractivity contribution in [2.45, 2.75) is 53.4 Å². The lowest BCUT2D eigenvalue weighted by Crippen LogP contribution is -2.26. The molecule has 0 radical (unpaired) electrons. The van der Waals surface area contributed by atoms with Crippen molar-refractivity contribution >= 4 is 23.5 Å². The molecule has 342 valence electrons. The van der Waals surface area contributed by atoms with Gasteiger partial charge < -0.3 is 9.80 Å². The minimum absolute atomic E-state index is 0.176. The molecular formula is C67H59N3. The number of rotatable bonds is 11. The van der Waals surface area contributed by atoms with Crippen molar-refractivity contribution in [1.82, 2.24) is 4.98 Å². The summed E-state index contributed by atoms with van der Waals surface area (Å²) in [6.45, 7) is 11.3. The van der Waals surface area contributed by atoms with E-state index in [-0.39, 0.29) is 10.8 Å². The smallest absolute Gasteiger partial charge is 0.0702 e. The molecule has 8 aromatic rings. The zero-order chi connectivity index (χ0) is 47.4. The van der Waals surface area contributed by atoms with Crippen LogP contribution in [-0.4, -0.2) is 18.1 Å². The molecule has 0 spiro atoms. The quantitative estimate of drug-likeness (QED) is 0.129. The summed E-state index contributed by atoms with van der Waals surface area (Å²) < 4.78 is 0. The van der Waals surface area contributed by atoms with Gasteiger partial charge in [-0.15, -0.1) is 0 Å². The van der Waals surface area contributed by atoms with Gasteiger partial charge in [-0.2, -0.15) is 0 Å². The average Bonchev–Trinajstić information content (AvgIpc) is 3.90. The maximum atomic E-state index is 5.10. The highest BCUT2D eigenvalue weighted by atomic mass is 15.2. The van der Waals surface area contributed by atoms with Crippen LogP contribution in [-0.2, 0) is 25.7 Å². The maximum Gasteiger partial charge on any atom is 0.0702 e. The normalized spacial score (nSPS) is 15.8. The molecule has 0 unspecified atom stereocenters. The van der Waals surface area contributed by atoms with E-state index in [0.717, 1.165) is 55.6 Å². The fraction of sp³-hybridized carbons (Fsp3) is 0.179. The number of allylic oxidation sites excluding steroid dienone is 2. The molecule has 0 saturated heterocycles. The van der Waals surface area contributed by atoms with E-state index in [0.29, 0.717) is 0 Å². The minimum atomic E-state index is 0.176. The average molecular weight is 906 g/mol. The lowest BCUT2D eigenvalue weighted by atomic mass is 9.90. The van der Waals surface area contributed by atoms with Gasteiger partial charge in [0.15, 0.2) is 0 Å². The molecule has 0 fully saturated rings. The van der Waals surface area contributed by atoms with Crippen LogP contribution in [0.25, 0.3) is 67.9 Å². The van der Waals surface area contributed by atoms with Gasteiger partial charge in [0.1, 0.15) is 0 Å². The van der Waals surface area contributed by atoms with Crippen LogP contribution < -0.4 is 9.80 Å². The van der Waals surface area contributed by atoms with Crippen LogP contribution in [0, 0.1) is 10.8 Å². The monoisotopic (exact) mass is 905 g/mol. The van der Waals surface area contributed by atoms with Gasteiger partial charge in [-0.05, 0) is 147 Å². The van der Waals surface area contributed by atoms with Crippen molar-refractivity contribution in [3.8, 4) is 55.8 Å². The highest BCUT2D eigenvalue weighted by molar-refractivity contribution is 5.85. The largest absolute Gasteiger partial charge is 0.340 e. The summed E-state index contributed by atoms with van der Waals surface area (Å²) in [5.41, 5.74) is 25.4. The van der Waals surface area contributed by atoms with Crippen LogP contribution >= 0.6 is 0 Å². The van der Waals surface area contributed by atoms with Crippen molar-refractivity contribution in [2.24, 2.45) is 10.8 Å². The maximum absolute atomic E-state index is 5.10. The first-order valence-electron chi connectivity index (χ1n) is 25.1. The molecule has 7 aromatic carbocycles. The molecule has 3 nitrogen and oxygen atoms in total. The molecule has 12 rings (SSSR count). The summed E-state index contributed by atoms with van der Waals surface area (Å²) in [5, 5.41) is 0. The highest BCUT2D eigenvalue weighted by Crippen LogP contribution is 2.43. The van der Waals surface area contributed by atoms with E-state index in [2.05, 4.69) is 250 Å². The van der Waals surface area contributed by atoms with Gasteiger partial charge in [0.25, 0.3) is 0 Å². The molecule has 4 aliphatic heterocycles. The second kappa shape index (κ2) is 17.6. The number of anilines is 2. The Kier molecular flexibility index (Phi) is 11.0. The molecule has 0 bridgehead atoms. The third kappa shape index (κ3) is 8.78. The van der Waals surface area contributed by atoms with Gasteiger partial charge in [0.2, 0.25) is 0 Å². The summed E-state index contributed by atoms with van der Waals surface area (Å²) in [6, 6.07) is 63.0. The lowest BCUT2D eigenvalue weighted by molar-refractivity contribution is 0.515. The Balaban J connectivity index is 0.822. The van der Waals surface area contributed by atoms with Crippen molar-refractivity contribution in [1.29, 1.82) is 0 Å². The summed E-state index contributed by atoms with van der Waals surface area (Å²) in [6.07, 6.45) is 20.0. The van der Waals surface area contributed by atoms with Crippen molar-refractivity contribution in [3.05, 3.63) is 245 Å². The standard InChI is InChI=1S/C67H59N3/c1-66(2)41-59-30-27-55-36-46(21-33-64(55)69(59)44-66)17-19-48-35-49(20-18-47-22-34-65-56(37-47)28-31-60-42-67(3,4)45-70(60)65)39-58(38-48)62-16-9-8-15-61(62)57-29-32-63(68-43-57)54-14-10-13-53(40-54)52-25-23-51(24-26-52)50-11-6-5-7-12-50/h5-16,21-43H,17-20,44-45H2,1-4H3. The molecule has 0 amide bonds. The zero-order valence-electron chi connectivity index (χ0n) is 40.8. The number of hydrogen-bond acceptors (Lipinski definition) is 3. The van der Waals surface area contributed by atoms with Crippen molar-refractivity contribution in [3.63, 3.8) is 0 Å². The summed E-state index contributed by atoms with van der Waals surface area (Å²) in [5.74, 6) is 0. The van der Waals surface area contributed by atoms with E-state index in [4.69, 9.17) is 4.98 Å². The van der Waals surface area contributed by atoms with Gasteiger partial charge in [-0.25, -0.2) is 0 Å². The predicted molar refractivity (Wildman–Crippen MR) is 296 cm³/mol. The van der Waals surface area contributed by atoms with E-state index in [1.165, 1.54) is 95.1 Å². The molecule has 0 saturated carbocycles. The van der Waals surface area contributed by atoms with E-state index in [9.17, 15) is 0 Å². The molecule has 0 N–H and O–H groups in total.